The van der Waals surface area contributed by atoms with E-state index in [0.29, 0.717) is 12.8 Å². The van der Waals surface area contributed by atoms with Crippen molar-refractivity contribution in [2.45, 2.75) is 50.3 Å². The largest absolute Gasteiger partial charge is 0.389 e. The molecule has 3 unspecified atom stereocenters. The molecule has 0 heterocycles. The smallest absolute Gasteiger partial charge is 0.159 e. The Morgan fingerprint density at radius 1 is 1.25 bits per heavy atom. The fourth-order valence-corrected chi connectivity index (χ4v) is 1.32. The van der Waals surface area contributed by atoms with Gasteiger partial charge in [-0.25, -0.2) is 0 Å². The Kier molecular flexibility index (Phi) is 5.16. The third kappa shape index (κ3) is 2.94. The minimum Gasteiger partial charge on any atom is -0.389 e. The maximum Gasteiger partial charge on any atom is 0.159 e. The van der Waals surface area contributed by atoms with E-state index in [1.807, 2.05) is 6.92 Å². The SMILES string of the molecule is CCCC(O)C(O)(S)C(O)CC. The first kappa shape index (κ1) is 12.2. The number of hydrogen-bond acceptors (Lipinski definition) is 4. The first-order valence-corrected chi connectivity index (χ1v) is 4.72. The summed E-state index contributed by atoms with van der Waals surface area (Å²) in [6, 6.07) is 0. The molecule has 0 aromatic heterocycles. The lowest BCUT2D eigenvalue weighted by molar-refractivity contribution is -0.0859. The summed E-state index contributed by atoms with van der Waals surface area (Å²) >= 11 is 3.85. The normalized spacial score (nSPS) is 21.5. The molecule has 0 aromatic carbocycles. The molecule has 0 radical (unpaired) electrons. The molecule has 3 atom stereocenters. The summed E-state index contributed by atoms with van der Waals surface area (Å²) in [6.07, 6.45) is -0.388. The van der Waals surface area contributed by atoms with Crippen molar-refractivity contribution >= 4 is 12.6 Å². The summed E-state index contributed by atoms with van der Waals surface area (Å²) in [5, 5.41) is 28.2. The molecule has 0 bridgehead atoms. The summed E-state index contributed by atoms with van der Waals surface area (Å²) in [7, 11) is 0. The van der Waals surface area contributed by atoms with E-state index < -0.39 is 17.1 Å². The molecule has 0 aliphatic heterocycles. The van der Waals surface area contributed by atoms with E-state index >= 15 is 0 Å². The second kappa shape index (κ2) is 5.07. The van der Waals surface area contributed by atoms with Gasteiger partial charge in [-0.05, 0) is 12.8 Å². The van der Waals surface area contributed by atoms with Crippen molar-refractivity contribution in [2.24, 2.45) is 0 Å². The van der Waals surface area contributed by atoms with Crippen molar-refractivity contribution in [1.29, 1.82) is 0 Å². The van der Waals surface area contributed by atoms with E-state index in [2.05, 4.69) is 12.6 Å². The van der Waals surface area contributed by atoms with Gasteiger partial charge in [0.1, 0.15) is 0 Å². The van der Waals surface area contributed by atoms with Crippen molar-refractivity contribution in [3.8, 4) is 0 Å². The topological polar surface area (TPSA) is 60.7 Å². The van der Waals surface area contributed by atoms with Gasteiger partial charge in [0, 0.05) is 0 Å². The first-order chi connectivity index (χ1) is 5.46. The van der Waals surface area contributed by atoms with Crippen LogP contribution >= 0.6 is 12.6 Å². The average Bonchev–Trinajstić information content (AvgIpc) is 2.03. The van der Waals surface area contributed by atoms with Crippen LogP contribution in [0.2, 0.25) is 0 Å². The molecule has 0 fully saturated rings. The van der Waals surface area contributed by atoms with Crippen molar-refractivity contribution < 1.29 is 15.3 Å². The van der Waals surface area contributed by atoms with E-state index in [4.69, 9.17) is 0 Å². The predicted octanol–water partition coefficient (Wildman–Crippen LogP) is 0.537. The Morgan fingerprint density at radius 2 is 1.75 bits per heavy atom. The molecule has 12 heavy (non-hydrogen) atoms. The van der Waals surface area contributed by atoms with Gasteiger partial charge < -0.3 is 15.3 Å². The van der Waals surface area contributed by atoms with Crippen LogP contribution in [0.25, 0.3) is 0 Å². The number of thiol groups is 1. The van der Waals surface area contributed by atoms with Gasteiger partial charge >= 0.3 is 0 Å². The lowest BCUT2D eigenvalue weighted by Gasteiger charge is -2.31. The van der Waals surface area contributed by atoms with E-state index in [0.717, 1.165) is 6.42 Å². The summed E-state index contributed by atoms with van der Waals surface area (Å²) in [5.74, 6) is 0. The monoisotopic (exact) mass is 194 g/mol. The van der Waals surface area contributed by atoms with Crippen LogP contribution in [0.4, 0.5) is 0 Å². The minimum atomic E-state index is -1.68. The molecular weight excluding hydrogens is 176 g/mol. The lowest BCUT2D eigenvalue weighted by atomic mass is 10.0. The molecule has 0 rings (SSSR count). The Hall–Kier alpha value is 0.230. The molecule has 0 aromatic rings. The van der Waals surface area contributed by atoms with Gasteiger partial charge in [0.15, 0.2) is 4.93 Å². The van der Waals surface area contributed by atoms with Crippen molar-refractivity contribution in [1.82, 2.24) is 0 Å². The number of aliphatic hydroxyl groups is 3. The second-order valence-electron chi connectivity index (χ2n) is 3.01. The van der Waals surface area contributed by atoms with Gasteiger partial charge in [-0.2, -0.15) is 0 Å². The molecule has 0 saturated carbocycles. The highest BCUT2D eigenvalue weighted by molar-refractivity contribution is 7.81. The third-order valence-corrected chi connectivity index (χ3v) is 2.53. The molecule has 0 aliphatic carbocycles. The summed E-state index contributed by atoms with van der Waals surface area (Å²) in [6.45, 7) is 3.62. The summed E-state index contributed by atoms with van der Waals surface area (Å²) in [4.78, 5) is -1.68. The molecule has 74 valence electrons. The van der Waals surface area contributed by atoms with Crippen LogP contribution in [0.3, 0.4) is 0 Å². The molecule has 0 aliphatic rings. The Bertz CT molecular complexity index is 127. The average molecular weight is 194 g/mol. The van der Waals surface area contributed by atoms with Gasteiger partial charge in [0.25, 0.3) is 0 Å². The van der Waals surface area contributed by atoms with Gasteiger partial charge in [0.2, 0.25) is 0 Å². The Morgan fingerprint density at radius 3 is 2.08 bits per heavy atom. The van der Waals surface area contributed by atoms with E-state index in [1.54, 1.807) is 6.92 Å². The predicted molar refractivity (Wildman–Crippen MR) is 51.1 cm³/mol. The second-order valence-corrected chi connectivity index (χ2v) is 3.73. The Balaban J connectivity index is 4.16. The van der Waals surface area contributed by atoms with Crippen molar-refractivity contribution in [3.05, 3.63) is 0 Å². The zero-order valence-corrected chi connectivity index (χ0v) is 8.46. The molecule has 0 spiro atoms. The molecule has 3 N–H and O–H groups in total. The maximum absolute atomic E-state index is 9.55. The van der Waals surface area contributed by atoms with Crippen LogP contribution in [-0.2, 0) is 0 Å². The maximum atomic E-state index is 9.55. The zero-order chi connectivity index (χ0) is 9.78. The van der Waals surface area contributed by atoms with Gasteiger partial charge in [0.05, 0.1) is 12.2 Å². The minimum absolute atomic E-state index is 0.376. The summed E-state index contributed by atoms with van der Waals surface area (Å²) < 4.78 is 0. The van der Waals surface area contributed by atoms with Crippen LogP contribution in [0, 0.1) is 0 Å². The number of hydrogen-bond donors (Lipinski definition) is 4. The van der Waals surface area contributed by atoms with Crippen LogP contribution in [-0.4, -0.2) is 32.5 Å². The molecule has 0 saturated heterocycles. The molecular formula is C8H18O3S. The standard InChI is InChI=1S/C8H18O3S/c1-3-5-7(10)8(11,12)6(9)4-2/h6-7,9-12H,3-5H2,1-2H3. The highest BCUT2D eigenvalue weighted by Crippen LogP contribution is 2.25. The van der Waals surface area contributed by atoms with Crippen molar-refractivity contribution in [3.63, 3.8) is 0 Å². The molecule has 4 heteroatoms. The quantitative estimate of drug-likeness (QED) is 0.381. The van der Waals surface area contributed by atoms with E-state index in [9.17, 15) is 15.3 Å². The highest BCUT2D eigenvalue weighted by Gasteiger charge is 2.37. The van der Waals surface area contributed by atoms with E-state index in [-0.39, 0.29) is 0 Å². The third-order valence-electron chi connectivity index (χ3n) is 1.93. The molecule has 3 nitrogen and oxygen atoms in total. The lowest BCUT2D eigenvalue weighted by Crippen LogP contribution is -2.47. The number of aliphatic hydroxyl groups excluding tert-OH is 2. The van der Waals surface area contributed by atoms with E-state index in [1.165, 1.54) is 0 Å². The van der Waals surface area contributed by atoms with Gasteiger partial charge in [-0.3, -0.25) is 0 Å². The molecule has 0 amide bonds. The van der Waals surface area contributed by atoms with Crippen LogP contribution < -0.4 is 0 Å². The van der Waals surface area contributed by atoms with Crippen LogP contribution in [0.15, 0.2) is 0 Å². The van der Waals surface area contributed by atoms with Crippen LogP contribution in [0.1, 0.15) is 33.1 Å². The summed E-state index contributed by atoms with van der Waals surface area (Å²) in [5.41, 5.74) is 0. The number of rotatable bonds is 5. The van der Waals surface area contributed by atoms with Crippen molar-refractivity contribution in [2.75, 3.05) is 0 Å². The van der Waals surface area contributed by atoms with Gasteiger partial charge in [-0.15, -0.1) is 12.6 Å². The van der Waals surface area contributed by atoms with Crippen LogP contribution in [0.5, 0.6) is 0 Å². The van der Waals surface area contributed by atoms with Gasteiger partial charge in [-0.1, -0.05) is 20.3 Å². The first-order valence-electron chi connectivity index (χ1n) is 4.27. The zero-order valence-electron chi connectivity index (χ0n) is 7.56. The Labute approximate surface area is 78.8 Å². The highest BCUT2D eigenvalue weighted by atomic mass is 32.1. The fraction of sp³-hybridized carbons (Fsp3) is 1.00. The fourth-order valence-electron chi connectivity index (χ4n) is 1.01.